The van der Waals surface area contributed by atoms with Crippen molar-refractivity contribution in [2.24, 2.45) is 5.92 Å². The van der Waals surface area contributed by atoms with Gasteiger partial charge in [0.05, 0.1) is 5.56 Å². The van der Waals surface area contributed by atoms with E-state index in [4.69, 9.17) is 10.8 Å². The van der Waals surface area contributed by atoms with Crippen LogP contribution in [0, 0.1) is 5.92 Å². The minimum absolute atomic E-state index is 0.172. The third-order valence-corrected chi connectivity index (χ3v) is 3.24. The van der Waals surface area contributed by atoms with Crippen molar-refractivity contribution in [3.05, 3.63) is 28.2 Å². The van der Waals surface area contributed by atoms with Crippen molar-refractivity contribution in [2.45, 2.75) is 26.3 Å². The van der Waals surface area contributed by atoms with E-state index in [0.29, 0.717) is 22.1 Å². The van der Waals surface area contributed by atoms with Crippen LogP contribution in [0.2, 0.25) is 0 Å². The van der Waals surface area contributed by atoms with Crippen LogP contribution in [-0.4, -0.2) is 23.0 Å². The fraction of sp³-hybridized carbons (Fsp3) is 0.385. The number of amides is 1. The van der Waals surface area contributed by atoms with Crippen LogP contribution in [0.15, 0.2) is 22.7 Å². The van der Waals surface area contributed by atoms with Gasteiger partial charge in [-0.25, -0.2) is 4.79 Å². The smallest absolute Gasteiger partial charge is 0.326 e. The summed E-state index contributed by atoms with van der Waals surface area (Å²) in [6.07, 6.45) is 0.376. The number of halogens is 1. The second-order valence-corrected chi connectivity index (χ2v) is 5.59. The minimum atomic E-state index is -1.04. The molecule has 19 heavy (non-hydrogen) atoms. The summed E-state index contributed by atoms with van der Waals surface area (Å²) in [7, 11) is 0. The Bertz CT molecular complexity index is 489. The summed E-state index contributed by atoms with van der Waals surface area (Å²) in [5.74, 6) is -1.32. The lowest BCUT2D eigenvalue weighted by Gasteiger charge is -2.17. The van der Waals surface area contributed by atoms with E-state index in [9.17, 15) is 9.59 Å². The lowest BCUT2D eigenvalue weighted by molar-refractivity contribution is -0.139. The molecule has 0 bridgehead atoms. The number of carbonyl (C=O) groups excluding carboxylic acids is 1. The van der Waals surface area contributed by atoms with Crippen LogP contribution in [0.25, 0.3) is 0 Å². The first-order chi connectivity index (χ1) is 8.81. The summed E-state index contributed by atoms with van der Waals surface area (Å²) in [6.45, 7) is 3.80. The Kier molecular flexibility index (Phi) is 5.35. The summed E-state index contributed by atoms with van der Waals surface area (Å²) < 4.78 is 0.577. The molecule has 4 N–H and O–H groups in total. The lowest BCUT2D eigenvalue weighted by atomic mass is 10.0. The number of benzene rings is 1. The number of aliphatic carboxylic acids is 1. The van der Waals surface area contributed by atoms with Crippen LogP contribution in [0.1, 0.15) is 30.6 Å². The highest BCUT2D eigenvalue weighted by atomic mass is 79.9. The zero-order valence-corrected chi connectivity index (χ0v) is 12.4. The Balaban J connectivity index is 2.87. The Morgan fingerprint density at radius 3 is 2.58 bits per heavy atom. The van der Waals surface area contributed by atoms with Crippen molar-refractivity contribution in [2.75, 3.05) is 5.73 Å². The summed E-state index contributed by atoms with van der Waals surface area (Å²) in [6, 6.07) is 3.92. The molecule has 0 saturated heterocycles. The number of nitrogens with two attached hydrogens (primary N) is 1. The lowest BCUT2D eigenvalue weighted by Crippen LogP contribution is -2.41. The number of nitrogens with one attached hydrogen (secondary N) is 1. The van der Waals surface area contributed by atoms with Crippen molar-refractivity contribution in [3.63, 3.8) is 0 Å². The van der Waals surface area contributed by atoms with Gasteiger partial charge in [0.2, 0.25) is 0 Å². The number of rotatable bonds is 5. The minimum Gasteiger partial charge on any atom is -0.480 e. The van der Waals surface area contributed by atoms with Gasteiger partial charge in [0.1, 0.15) is 6.04 Å². The normalized spacial score (nSPS) is 12.2. The quantitative estimate of drug-likeness (QED) is 0.723. The number of nitrogen functional groups attached to an aromatic ring is 1. The van der Waals surface area contributed by atoms with Crippen LogP contribution in [0.4, 0.5) is 5.69 Å². The van der Waals surface area contributed by atoms with Crippen LogP contribution >= 0.6 is 15.9 Å². The summed E-state index contributed by atoms with van der Waals surface area (Å²) >= 11 is 3.25. The Morgan fingerprint density at radius 2 is 2.05 bits per heavy atom. The van der Waals surface area contributed by atoms with Crippen molar-refractivity contribution in [3.8, 4) is 0 Å². The Labute approximate surface area is 120 Å². The molecule has 0 radical (unpaired) electrons. The molecule has 0 aliphatic rings. The van der Waals surface area contributed by atoms with Crippen molar-refractivity contribution >= 4 is 33.5 Å². The second kappa shape index (κ2) is 6.56. The third kappa shape index (κ3) is 4.55. The van der Waals surface area contributed by atoms with Gasteiger partial charge in [-0.3, -0.25) is 4.79 Å². The van der Waals surface area contributed by atoms with Crippen LogP contribution < -0.4 is 11.1 Å². The molecule has 0 fully saturated rings. The average Bonchev–Trinajstić information content (AvgIpc) is 2.30. The van der Waals surface area contributed by atoms with E-state index in [1.54, 1.807) is 12.1 Å². The molecule has 1 rings (SSSR count). The van der Waals surface area contributed by atoms with E-state index in [0.717, 1.165) is 0 Å². The van der Waals surface area contributed by atoms with Gasteiger partial charge in [-0.05, 0) is 46.5 Å². The van der Waals surface area contributed by atoms with Crippen LogP contribution in [0.5, 0.6) is 0 Å². The van der Waals surface area contributed by atoms with Crippen LogP contribution in [0.3, 0.4) is 0 Å². The van der Waals surface area contributed by atoms with E-state index in [2.05, 4.69) is 21.2 Å². The molecule has 0 aromatic heterocycles. The van der Waals surface area contributed by atoms with Crippen molar-refractivity contribution in [1.82, 2.24) is 5.32 Å². The van der Waals surface area contributed by atoms with Gasteiger partial charge in [0.15, 0.2) is 0 Å². The Morgan fingerprint density at radius 1 is 1.42 bits per heavy atom. The topological polar surface area (TPSA) is 92.4 Å². The number of anilines is 1. The fourth-order valence-corrected chi connectivity index (χ4v) is 2.07. The van der Waals surface area contributed by atoms with E-state index in [1.165, 1.54) is 6.07 Å². The van der Waals surface area contributed by atoms with Crippen molar-refractivity contribution < 1.29 is 14.7 Å². The Hall–Kier alpha value is -1.56. The third-order valence-electron chi connectivity index (χ3n) is 2.55. The molecule has 5 nitrogen and oxygen atoms in total. The van der Waals surface area contributed by atoms with Crippen molar-refractivity contribution in [1.29, 1.82) is 0 Å². The fourth-order valence-electron chi connectivity index (χ4n) is 1.65. The maximum absolute atomic E-state index is 12.1. The second-order valence-electron chi connectivity index (χ2n) is 4.73. The summed E-state index contributed by atoms with van der Waals surface area (Å²) in [5.41, 5.74) is 6.40. The van der Waals surface area contributed by atoms with E-state index < -0.39 is 17.9 Å². The molecule has 0 heterocycles. The molecule has 0 saturated carbocycles. The zero-order chi connectivity index (χ0) is 14.6. The number of carboxylic acid groups (broad SMARTS) is 1. The number of carboxylic acids is 1. The molecule has 0 aliphatic heterocycles. The SMILES string of the molecule is CC(C)C[C@@H](NC(=O)c1cc(N)ccc1Br)C(=O)O. The highest BCUT2D eigenvalue weighted by Crippen LogP contribution is 2.20. The molecule has 1 aromatic carbocycles. The molecule has 0 spiro atoms. The maximum Gasteiger partial charge on any atom is 0.326 e. The summed E-state index contributed by atoms with van der Waals surface area (Å²) in [5, 5.41) is 11.6. The standard InChI is InChI=1S/C13H17BrN2O3/c1-7(2)5-11(13(18)19)16-12(17)9-6-8(15)3-4-10(9)14/h3-4,6-7,11H,5,15H2,1-2H3,(H,16,17)(H,18,19)/t11-/m1/s1. The number of hydrogen-bond acceptors (Lipinski definition) is 3. The molecule has 1 atom stereocenters. The number of carbonyl (C=O) groups is 2. The maximum atomic E-state index is 12.1. The van der Waals surface area contributed by atoms with Gasteiger partial charge in [-0.2, -0.15) is 0 Å². The van der Waals surface area contributed by atoms with Gasteiger partial charge < -0.3 is 16.2 Å². The molecular weight excluding hydrogens is 312 g/mol. The molecule has 1 aromatic rings. The largest absolute Gasteiger partial charge is 0.480 e. The first-order valence-corrected chi connectivity index (χ1v) is 6.69. The highest BCUT2D eigenvalue weighted by Gasteiger charge is 2.22. The molecular formula is C13H17BrN2O3. The van der Waals surface area contributed by atoms with Gasteiger partial charge in [0, 0.05) is 10.2 Å². The molecule has 6 heteroatoms. The summed E-state index contributed by atoms with van der Waals surface area (Å²) in [4.78, 5) is 23.2. The van der Waals surface area contributed by atoms with E-state index in [-0.39, 0.29) is 5.92 Å². The van der Waals surface area contributed by atoms with Gasteiger partial charge >= 0.3 is 5.97 Å². The van der Waals surface area contributed by atoms with Gasteiger partial charge in [-0.15, -0.1) is 0 Å². The van der Waals surface area contributed by atoms with E-state index >= 15 is 0 Å². The van der Waals surface area contributed by atoms with Gasteiger partial charge in [-0.1, -0.05) is 13.8 Å². The molecule has 0 aliphatic carbocycles. The predicted molar refractivity (Wildman–Crippen MR) is 76.9 cm³/mol. The highest BCUT2D eigenvalue weighted by molar-refractivity contribution is 9.10. The molecule has 104 valence electrons. The first-order valence-electron chi connectivity index (χ1n) is 5.90. The monoisotopic (exact) mass is 328 g/mol. The first kappa shape index (κ1) is 15.5. The number of hydrogen-bond donors (Lipinski definition) is 3. The molecule has 1 amide bonds. The average molecular weight is 329 g/mol. The predicted octanol–water partition coefficient (Wildman–Crippen LogP) is 2.26. The van der Waals surface area contributed by atoms with E-state index in [1.807, 2.05) is 13.8 Å². The van der Waals surface area contributed by atoms with Crippen LogP contribution in [-0.2, 0) is 4.79 Å². The molecule has 0 unspecified atom stereocenters. The van der Waals surface area contributed by atoms with Gasteiger partial charge in [0.25, 0.3) is 5.91 Å². The zero-order valence-electron chi connectivity index (χ0n) is 10.8.